The molecule has 4 aliphatic rings. The lowest BCUT2D eigenvalue weighted by molar-refractivity contribution is 0.417. The highest BCUT2D eigenvalue weighted by Crippen LogP contribution is 2.53. The lowest BCUT2D eigenvalue weighted by atomic mass is 9.74. The molecule has 0 amide bonds. The molecule has 2 aliphatic heterocycles. The van der Waals surface area contributed by atoms with Crippen molar-refractivity contribution in [3.63, 3.8) is 0 Å². The predicted octanol–water partition coefficient (Wildman–Crippen LogP) is 13.3. The Labute approximate surface area is 338 Å². The molecule has 0 saturated heterocycles. The number of imidazole rings is 1. The van der Waals surface area contributed by atoms with E-state index in [1.165, 1.54) is 55.6 Å². The average molecular weight is 749 g/mol. The molecule has 12 rings (SSSR count). The maximum atomic E-state index is 6.61. The van der Waals surface area contributed by atoms with Crippen molar-refractivity contribution >= 4 is 22.7 Å². The number of aryl methyl sites for hydroxylation is 2. The van der Waals surface area contributed by atoms with E-state index in [2.05, 4.69) is 189 Å². The largest absolute Gasteiger partial charge is 0.457 e. The van der Waals surface area contributed by atoms with Crippen molar-refractivity contribution in [3.05, 3.63) is 180 Å². The molecule has 2 aromatic heterocycles. The fourth-order valence-corrected chi connectivity index (χ4v) is 10.1. The van der Waals surface area contributed by atoms with Crippen LogP contribution in [0.5, 0.6) is 11.5 Å². The molecule has 4 heterocycles. The first-order valence-electron chi connectivity index (χ1n) is 20.2. The van der Waals surface area contributed by atoms with E-state index < -0.39 is 0 Å². The molecule has 8 aromatic rings. The third-order valence-corrected chi connectivity index (χ3v) is 13.0. The van der Waals surface area contributed by atoms with Crippen LogP contribution in [0.15, 0.2) is 158 Å². The van der Waals surface area contributed by atoms with Gasteiger partial charge in [0.05, 0.1) is 28.8 Å². The van der Waals surface area contributed by atoms with Gasteiger partial charge in [-0.25, -0.2) is 4.98 Å². The van der Waals surface area contributed by atoms with Crippen molar-refractivity contribution in [2.75, 3.05) is 4.90 Å². The van der Waals surface area contributed by atoms with Crippen LogP contribution in [-0.4, -0.2) is 20.6 Å². The van der Waals surface area contributed by atoms with Crippen LogP contribution in [0.1, 0.15) is 42.1 Å². The molecule has 2 atom stereocenters. The van der Waals surface area contributed by atoms with Gasteiger partial charge in [-0.1, -0.05) is 111 Å². The molecule has 278 valence electrons. The number of hydrogen-bond acceptors (Lipinski definition) is 4. The van der Waals surface area contributed by atoms with E-state index in [0.717, 1.165) is 56.6 Å². The maximum absolute atomic E-state index is 6.61. The van der Waals surface area contributed by atoms with Gasteiger partial charge in [0.2, 0.25) is 5.95 Å². The number of aromatic nitrogens is 3. The molecule has 0 N–H and O–H groups in total. The number of hydrogen-bond donors (Lipinski definition) is 0. The Morgan fingerprint density at radius 1 is 0.586 bits per heavy atom. The lowest BCUT2D eigenvalue weighted by Gasteiger charge is -2.35. The van der Waals surface area contributed by atoms with Crippen LogP contribution in [0.2, 0.25) is 0 Å². The summed E-state index contributed by atoms with van der Waals surface area (Å²) < 4.78 is 9.01. The van der Waals surface area contributed by atoms with Crippen molar-refractivity contribution < 1.29 is 4.74 Å². The monoisotopic (exact) mass is 748 g/mol. The molecule has 2 unspecified atom stereocenters. The number of ether oxygens (including phenoxy) is 1. The zero-order valence-corrected chi connectivity index (χ0v) is 32.9. The topological polar surface area (TPSA) is 43.2 Å². The zero-order chi connectivity index (χ0) is 38.9. The molecular formula is C53H40N4O. The molecule has 0 spiro atoms. The third-order valence-electron chi connectivity index (χ3n) is 13.0. The number of rotatable bonds is 2. The lowest BCUT2D eigenvalue weighted by Crippen LogP contribution is -2.29. The molecule has 58 heavy (non-hydrogen) atoms. The van der Waals surface area contributed by atoms with E-state index in [0.29, 0.717) is 0 Å². The summed E-state index contributed by atoms with van der Waals surface area (Å²) in [5, 5.41) is 0. The highest BCUT2D eigenvalue weighted by atomic mass is 16.5. The van der Waals surface area contributed by atoms with Gasteiger partial charge in [0, 0.05) is 39.6 Å². The Kier molecular flexibility index (Phi) is 6.87. The van der Waals surface area contributed by atoms with Gasteiger partial charge in [-0.2, -0.15) is 0 Å². The predicted molar refractivity (Wildman–Crippen MR) is 236 cm³/mol. The normalized spacial score (nSPS) is 17.4. The van der Waals surface area contributed by atoms with Crippen molar-refractivity contribution in [2.45, 2.75) is 45.2 Å². The van der Waals surface area contributed by atoms with Crippen molar-refractivity contribution in [1.82, 2.24) is 14.5 Å². The van der Waals surface area contributed by atoms with E-state index >= 15 is 0 Å². The molecular weight excluding hydrogens is 709 g/mol. The zero-order valence-electron chi connectivity index (χ0n) is 32.9. The molecule has 0 saturated carbocycles. The van der Waals surface area contributed by atoms with E-state index in [1.54, 1.807) is 0 Å². The van der Waals surface area contributed by atoms with Crippen LogP contribution in [0.3, 0.4) is 0 Å². The highest BCUT2D eigenvalue weighted by molar-refractivity contribution is 6.04. The number of benzene rings is 6. The minimum atomic E-state index is -0.224. The van der Waals surface area contributed by atoms with Crippen molar-refractivity contribution in [2.24, 2.45) is 0 Å². The first-order chi connectivity index (χ1) is 28.3. The first-order valence-corrected chi connectivity index (χ1v) is 20.2. The molecule has 0 bridgehead atoms. The van der Waals surface area contributed by atoms with Gasteiger partial charge in [0.15, 0.2) is 0 Å². The number of para-hydroxylation sites is 2. The Morgan fingerprint density at radius 2 is 1.31 bits per heavy atom. The van der Waals surface area contributed by atoms with Crippen LogP contribution >= 0.6 is 0 Å². The molecule has 0 fully saturated rings. The van der Waals surface area contributed by atoms with E-state index in [4.69, 9.17) is 14.7 Å². The smallest absolute Gasteiger partial charge is 0.212 e. The standard InChI is InChI=1S/C53H40N4O/c1-31-19-24-43-49(26-31)58-50-27-32(2)40(30-44(50)53(43,3)4)33-20-22-37-41(28-33)35-12-5-6-13-38(35)51-39(14-11-25-54-51)36-23-21-34(29-42(36)37)56-47-17-9-10-18-48(47)57-46-16-8-7-15-45(46)55-52(56)57/h5-30,47-48H,1-4H3. The summed E-state index contributed by atoms with van der Waals surface area (Å²) >= 11 is 0. The number of allylic oxidation sites excluding steroid dienone is 2. The van der Waals surface area contributed by atoms with Gasteiger partial charge >= 0.3 is 0 Å². The second-order valence-corrected chi connectivity index (χ2v) is 16.7. The maximum Gasteiger partial charge on any atom is 0.212 e. The number of pyridine rings is 1. The number of fused-ring (bicyclic) bond motifs is 15. The second kappa shape index (κ2) is 12.0. The van der Waals surface area contributed by atoms with Gasteiger partial charge in [-0.05, 0) is 119 Å². The van der Waals surface area contributed by atoms with Gasteiger partial charge in [0.25, 0.3) is 0 Å². The van der Waals surface area contributed by atoms with Gasteiger partial charge in [-0.15, -0.1) is 0 Å². The summed E-state index contributed by atoms with van der Waals surface area (Å²) in [6.45, 7) is 8.95. The molecule has 0 radical (unpaired) electrons. The van der Waals surface area contributed by atoms with Crippen LogP contribution in [0.4, 0.5) is 11.6 Å². The summed E-state index contributed by atoms with van der Waals surface area (Å²) in [6, 6.07) is 47.0. The first kappa shape index (κ1) is 33.2. The minimum Gasteiger partial charge on any atom is -0.457 e. The molecule has 2 aliphatic carbocycles. The molecule has 5 heteroatoms. The van der Waals surface area contributed by atoms with Crippen molar-refractivity contribution in [3.8, 4) is 67.3 Å². The summed E-state index contributed by atoms with van der Waals surface area (Å²) in [5.74, 6) is 2.85. The van der Waals surface area contributed by atoms with Crippen LogP contribution < -0.4 is 9.64 Å². The summed E-state index contributed by atoms with van der Waals surface area (Å²) in [4.78, 5) is 12.7. The van der Waals surface area contributed by atoms with Crippen LogP contribution in [0.25, 0.3) is 66.8 Å². The van der Waals surface area contributed by atoms with E-state index in [9.17, 15) is 0 Å². The Balaban J connectivity index is 1.07. The third kappa shape index (κ3) is 4.64. The number of nitrogens with zero attached hydrogens (tertiary/aromatic N) is 4. The summed E-state index contributed by atoms with van der Waals surface area (Å²) in [5.41, 5.74) is 19.4. The SMILES string of the molecule is Cc1ccc2c(c1)Oc1cc(C)c(-c3ccc4c(c3)-c3ccccc3-c3ncccc3-c3ccc(N5c6nc7ccccc7n6C6C=CC=CC65)cc3-4)cc1C2(C)C. The van der Waals surface area contributed by atoms with Gasteiger partial charge in [-0.3, -0.25) is 4.98 Å². The van der Waals surface area contributed by atoms with Gasteiger partial charge in [0.1, 0.15) is 11.5 Å². The highest BCUT2D eigenvalue weighted by Gasteiger charge is 2.40. The quantitative estimate of drug-likeness (QED) is 0.177. The van der Waals surface area contributed by atoms with Crippen LogP contribution in [0, 0.1) is 13.8 Å². The van der Waals surface area contributed by atoms with E-state index in [1.807, 2.05) is 6.20 Å². The second-order valence-electron chi connectivity index (χ2n) is 16.7. The summed E-state index contributed by atoms with van der Waals surface area (Å²) in [6.07, 6.45) is 10.9. The van der Waals surface area contributed by atoms with Gasteiger partial charge < -0.3 is 14.2 Å². The Bertz CT molecular complexity index is 3130. The fourth-order valence-electron chi connectivity index (χ4n) is 10.1. The Morgan fingerprint density at radius 3 is 2.21 bits per heavy atom. The molecule has 5 nitrogen and oxygen atoms in total. The van der Waals surface area contributed by atoms with Crippen LogP contribution in [-0.2, 0) is 5.41 Å². The Hall–Kier alpha value is -6.98. The van der Waals surface area contributed by atoms with E-state index in [-0.39, 0.29) is 17.5 Å². The summed E-state index contributed by atoms with van der Waals surface area (Å²) in [7, 11) is 0. The molecule has 6 aromatic carbocycles. The minimum absolute atomic E-state index is 0.108. The van der Waals surface area contributed by atoms with Crippen molar-refractivity contribution in [1.29, 1.82) is 0 Å². The fraction of sp³-hybridized carbons (Fsp3) is 0.132. The average Bonchev–Trinajstić information content (AvgIpc) is 3.77. The number of anilines is 2.